The molecule has 0 atom stereocenters. The maximum atomic E-state index is 11.9. The van der Waals surface area contributed by atoms with E-state index in [2.05, 4.69) is 25.8 Å². The van der Waals surface area contributed by atoms with Crippen LogP contribution in [0.1, 0.15) is 12.7 Å². The van der Waals surface area contributed by atoms with E-state index in [0.717, 1.165) is 17.1 Å². The van der Waals surface area contributed by atoms with Crippen molar-refractivity contribution in [3.63, 3.8) is 0 Å². The summed E-state index contributed by atoms with van der Waals surface area (Å²) in [5, 5.41) is 12.7. The van der Waals surface area contributed by atoms with Gasteiger partial charge in [0, 0.05) is 24.2 Å². The summed E-state index contributed by atoms with van der Waals surface area (Å²) >= 11 is 0. The quantitative estimate of drug-likeness (QED) is 0.609. The molecule has 0 saturated heterocycles. The Balaban J connectivity index is 1.44. The van der Waals surface area contributed by atoms with E-state index in [9.17, 15) is 4.79 Å². The van der Waals surface area contributed by atoms with Crippen molar-refractivity contribution in [2.45, 2.75) is 13.3 Å². The van der Waals surface area contributed by atoms with Gasteiger partial charge in [-0.25, -0.2) is 9.78 Å². The van der Waals surface area contributed by atoms with Crippen LogP contribution in [0.2, 0.25) is 0 Å². The highest BCUT2D eigenvalue weighted by Gasteiger charge is 2.06. The molecule has 0 aliphatic rings. The largest absolute Gasteiger partial charge is 0.494 e. The number of anilines is 1. The highest BCUT2D eigenvalue weighted by Crippen LogP contribution is 2.15. The number of rotatable bonds is 7. The number of amides is 2. The minimum atomic E-state index is -0.267. The number of benzene rings is 2. The fourth-order valence-corrected chi connectivity index (χ4v) is 2.39. The van der Waals surface area contributed by atoms with E-state index in [1.54, 1.807) is 12.1 Å². The van der Waals surface area contributed by atoms with Gasteiger partial charge in [-0.05, 0) is 31.2 Å². The maximum absolute atomic E-state index is 11.9. The monoisotopic (exact) mass is 351 g/mol. The second kappa shape index (κ2) is 8.66. The molecule has 0 aliphatic carbocycles. The number of nitrogens with one attached hydrogen (secondary N) is 3. The summed E-state index contributed by atoms with van der Waals surface area (Å²) in [7, 11) is 0. The Kier molecular flexibility index (Phi) is 5.82. The summed E-state index contributed by atoms with van der Waals surface area (Å²) in [6.07, 6.45) is 0.566. The number of hydrogen-bond acceptors (Lipinski definition) is 4. The third kappa shape index (κ3) is 4.83. The van der Waals surface area contributed by atoms with Crippen molar-refractivity contribution in [2.75, 3.05) is 18.5 Å². The first kappa shape index (κ1) is 17.5. The van der Waals surface area contributed by atoms with Crippen molar-refractivity contribution >= 4 is 11.7 Å². The van der Waals surface area contributed by atoms with E-state index in [0.29, 0.717) is 31.1 Å². The lowest BCUT2D eigenvalue weighted by molar-refractivity contribution is 0.252. The second-order valence-electron chi connectivity index (χ2n) is 5.56. The Morgan fingerprint density at radius 2 is 1.88 bits per heavy atom. The second-order valence-corrected chi connectivity index (χ2v) is 5.56. The van der Waals surface area contributed by atoms with E-state index in [1.165, 1.54) is 0 Å². The number of nitrogens with zero attached hydrogens (tertiary/aromatic N) is 2. The van der Waals surface area contributed by atoms with Gasteiger partial charge in [0.15, 0.2) is 5.82 Å². The van der Waals surface area contributed by atoms with Gasteiger partial charge in [0.05, 0.1) is 6.61 Å². The van der Waals surface area contributed by atoms with Crippen molar-refractivity contribution in [2.24, 2.45) is 0 Å². The molecule has 0 aliphatic heterocycles. The molecule has 1 heterocycles. The van der Waals surface area contributed by atoms with E-state index in [4.69, 9.17) is 4.74 Å². The Morgan fingerprint density at radius 3 is 2.62 bits per heavy atom. The van der Waals surface area contributed by atoms with Crippen LogP contribution in [0, 0.1) is 0 Å². The standard InChI is InChI=1S/C19H21N5O2/c1-2-26-16-10-8-15(9-11-16)21-19(25)20-13-12-17-22-18(24-23-17)14-6-4-3-5-7-14/h3-11H,2,12-13H2,1H3,(H2,20,21,25)(H,22,23,24). The Bertz CT molecular complexity index is 831. The summed E-state index contributed by atoms with van der Waals surface area (Å²) in [6.45, 7) is 2.99. The molecular weight excluding hydrogens is 330 g/mol. The number of aromatic amines is 1. The predicted molar refractivity (Wildman–Crippen MR) is 100 cm³/mol. The average Bonchev–Trinajstić information content (AvgIpc) is 3.13. The van der Waals surface area contributed by atoms with Gasteiger partial charge in [-0.15, -0.1) is 0 Å². The van der Waals surface area contributed by atoms with E-state index in [1.807, 2.05) is 49.4 Å². The molecule has 26 heavy (non-hydrogen) atoms. The van der Waals surface area contributed by atoms with Crippen LogP contribution in [0.15, 0.2) is 54.6 Å². The maximum Gasteiger partial charge on any atom is 0.319 e. The summed E-state index contributed by atoms with van der Waals surface area (Å²) in [5.41, 5.74) is 1.66. The number of aromatic nitrogens is 3. The summed E-state index contributed by atoms with van der Waals surface area (Å²) in [6, 6.07) is 16.7. The zero-order chi connectivity index (χ0) is 18.2. The number of carbonyl (C=O) groups is 1. The third-order valence-electron chi connectivity index (χ3n) is 3.63. The van der Waals surface area contributed by atoms with Gasteiger partial charge in [-0.2, -0.15) is 5.10 Å². The number of ether oxygens (including phenoxy) is 1. The molecular formula is C19H21N5O2. The molecule has 0 spiro atoms. The number of H-pyrrole nitrogens is 1. The minimum Gasteiger partial charge on any atom is -0.494 e. The van der Waals surface area contributed by atoms with Crippen LogP contribution in [0.3, 0.4) is 0 Å². The molecule has 0 saturated carbocycles. The zero-order valence-corrected chi connectivity index (χ0v) is 14.5. The normalized spacial score (nSPS) is 10.3. The van der Waals surface area contributed by atoms with E-state index in [-0.39, 0.29) is 6.03 Å². The molecule has 0 bridgehead atoms. The summed E-state index contributed by atoms with van der Waals surface area (Å²) in [4.78, 5) is 16.4. The van der Waals surface area contributed by atoms with Gasteiger partial charge in [0.2, 0.25) is 0 Å². The Hall–Kier alpha value is -3.35. The molecule has 2 aromatic carbocycles. The Morgan fingerprint density at radius 1 is 1.12 bits per heavy atom. The van der Waals surface area contributed by atoms with Crippen LogP contribution in [0.25, 0.3) is 11.4 Å². The van der Waals surface area contributed by atoms with Gasteiger partial charge in [-0.1, -0.05) is 30.3 Å². The molecule has 7 heteroatoms. The van der Waals surface area contributed by atoms with Crippen molar-refractivity contribution in [1.82, 2.24) is 20.5 Å². The SMILES string of the molecule is CCOc1ccc(NC(=O)NCCc2nc(-c3ccccc3)n[nH]2)cc1. The lowest BCUT2D eigenvalue weighted by Crippen LogP contribution is -2.30. The fraction of sp³-hybridized carbons (Fsp3) is 0.211. The van der Waals surface area contributed by atoms with E-state index < -0.39 is 0 Å². The molecule has 134 valence electrons. The fourth-order valence-electron chi connectivity index (χ4n) is 2.39. The average molecular weight is 351 g/mol. The van der Waals surface area contributed by atoms with Crippen molar-refractivity contribution < 1.29 is 9.53 Å². The minimum absolute atomic E-state index is 0.267. The molecule has 1 aromatic heterocycles. The first-order valence-corrected chi connectivity index (χ1v) is 8.49. The van der Waals surface area contributed by atoms with Gasteiger partial charge in [-0.3, -0.25) is 5.10 Å². The van der Waals surface area contributed by atoms with Crippen LogP contribution in [0.5, 0.6) is 5.75 Å². The van der Waals surface area contributed by atoms with Crippen molar-refractivity contribution in [1.29, 1.82) is 0 Å². The first-order chi connectivity index (χ1) is 12.7. The van der Waals surface area contributed by atoms with Crippen molar-refractivity contribution in [3.05, 3.63) is 60.4 Å². The molecule has 0 unspecified atom stereocenters. The number of hydrogen-bond donors (Lipinski definition) is 3. The van der Waals surface area contributed by atoms with Gasteiger partial charge >= 0.3 is 6.03 Å². The van der Waals surface area contributed by atoms with Gasteiger partial charge in [0.25, 0.3) is 0 Å². The zero-order valence-electron chi connectivity index (χ0n) is 14.5. The molecule has 0 fully saturated rings. The number of urea groups is 1. The van der Waals surface area contributed by atoms with Crippen LogP contribution in [-0.2, 0) is 6.42 Å². The van der Waals surface area contributed by atoms with Crippen LogP contribution in [0.4, 0.5) is 10.5 Å². The lowest BCUT2D eigenvalue weighted by Gasteiger charge is -2.08. The topological polar surface area (TPSA) is 91.9 Å². The predicted octanol–water partition coefficient (Wildman–Crippen LogP) is 3.23. The van der Waals surface area contributed by atoms with Gasteiger partial charge < -0.3 is 15.4 Å². The molecule has 3 rings (SSSR count). The smallest absolute Gasteiger partial charge is 0.319 e. The molecule has 3 N–H and O–H groups in total. The highest BCUT2D eigenvalue weighted by atomic mass is 16.5. The lowest BCUT2D eigenvalue weighted by atomic mass is 10.2. The molecule has 2 amide bonds. The third-order valence-corrected chi connectivity index (χ3v) is 3.63. The van der Waals surface area contributed by atoms with Crippen LogP contribution < -0.4 is 15.4 Å². The molecule has 7 nitrogen and oxygen atoms in total. The van der Waals surface area contributed by atoms with Gasteiger partial charge in [0.1, 0.15) is 11.6 Å². The van der Waals surface area contributed by atoms with Crippen LogP contribution >= 0.6 is 0 Å². The molecule has 0 radical (unpaired) electrons. The summed E-state index contributed by atoms with van der Waals surface area (Å²) < 4.78 is 5.37. The first-order valence-electron chi connectivity index (χ1n) is 8.49. The Labute approximate surface area is 151 Å². The van der Waals surface area contributed by atoms with Crippen LogP contribution in [-0.4, -0.2) is 34.4 Å². The van der Waals surface area contributed by atoms with Crippen molar-refractivity contribution in [3.8, 4) is 17.1 Å². The van der Waals surface area contributed by atoms with E-state index >= 15 is 0 Å². The highest BCUT2D eigenvalue weighted by molar-refractivity contribution is 5.89. The summed E-state index contributed by atoms with van der Waals surface area (Å²) in [5.74, 6) is 2.16. The number of carbonyl (C=O) groups excluding carboxylic acids is 1. The molecule has 3 aromatic rings.